The van der Waals surface area contributed by atoms with E-state index in [2.05, 4.69) is 9.97 Å². The van der Waals surface area contributed by atoms with Crippen LogP contribution in [0.2, 0.25) is 0 Å². The lowest BCUT2D eigenvalue weighted by molar-refractivity contribution is -0.142. The van der Waals surface area contributed by atoms with Gasteiger partial charge in [-0.25, -0.2) is 4.98 Å². The number of rotatable bonds is 5. The Morgan fingerprint density at radius 2 is 1.85 bits per heavy atom. The molecule has 0 atom stereocenters. The molecule has 0 bridgehead atoms. The topological polar surface area (TPSA) is 52.1 Å². The van der Waals surface area contributed by atoms with Crippen LogP contribution in [0.15, 0.2) is 41.4 Å². The number of carbonyl (C=O) groups excluding carboxylic acids is 1. The average Bonchev–Trinajstić information content (AvgIpc) is 2.48. The highest BCUT2D eigenvalue weighted by molar-refractivity contribution is 7.98. The molecule has 2 rings (SSSR count). The van der Waals surface area contributed by atoms with Crippen molar-refractivity contribution in [1.29, 1.82) is 0 Å². The highest BCUT2D eigenvalue weighted by Gasteiger charge is 2.08. The molecule has 2 heterocycles. The molecule has 20 heavy (non-hydrogen) atoms. The lowest BCUT2D eigenvalue weighted by atomic mass is 10.2. The van der Waals surface area contributed by atoms with Crippen LogP contribution in [-0.2, 0) is 16.0 Å². The Balaban J connectivity index is 2.22. The Morgan fingerprint density at radius 3 is 2.55 bits per heavy atom. The second kappa shape index (κ2) is 7.05. The van der Waals surface area contributed by atoms with Crippen molar-refractivity contribution in [1.82, 2.24) is 9.97 Å². The highest BCUT2D eigenvalue weighted by Crippen LogP contribution is 2.19. The van der Waals surface area contributed by atoms with Gasteiger partial charge in [0.15, 0.2) is 0 Å². The second-order valence-electron chi connectivity index (χ2n) is 4.06. The number of ether oxygens (including phenoxy) is 1. The van der Waals surface area contributed by atoms with Gasteiger partial charge in [-0.3, -0.25) is 9.78 Å². The third-order valence-corrected chi connectivity index (χ3v) is 3.28. The Morgan fingerprint density at radius 1 is 1.15 bits per heavy atom. The zero-order valence-corrected chi connectivity index (χ0v) is 12.3. The van der Waals surface area contributed by atoms with Crippen LogP contribution in [0.1, 0.15) is 12.6 Å². The van der Waals surface area contributed by atoms with E-state index in [1.807, 2.05) is 42.7 Å². The summed E-state index contributed by atoms with van der Waals surface area (Å²) in [5.41, 5.74) is 2.27. The molecule has 104 valence electrons. The van der Waals surface area contributed by atoms with Gasteiger partial charge in [0.1, 0.15) is 0 Å². The number of aromatic nitrogens is 2. The molecule has 4 nitrogen and oxygen atoms in total. The third kappa shape index (κ3) is 3.81. The number of carbonyl (C=O) groups is 1. The van der Waals surface area contributed by atoms with Crippen molar-refractivity contribution in [2.75, 3.05) is 12.9 Å². The van der Waals surface area contributed by atoms with Crippen LogP contribution in [0.3, 0.4) is 0 Å². The molecule has 0 aliphatic carbocycles. The molecule has 0 spiro atoms. The van der Waals surface area contributed by atoms with Crippen molar-refractivity contribution in [3.63, 3.8) is 0 Å². The maximum absolute atomic E-state index is 11.5. The molecule has 0 aliphatic heterocycles. The van der Waals surface area contributed by atoms with Crippen LogP contribution in [-0.4, -0.2) is 28.8 Å². The number of hydrogen-bond donors (Lipinski definition) is 0. The fourth-order valence-corrected chi connectivity index (χ4v) is 2.16. The summed E-state index contributed by atoms with van der Waals surface area (Å²) in [7, 11) is 0. The predicted molar refractivity (Wildman–Crippen MR) is 79.6 cm³/mol. The molecular weight excluding hydrogens is 272 g/mol. The summed E-state index contributed by atoms with van der Waals surface area (Å²) < 4.78 is 4.93. The van der Waals surface area contributed by atoms with Crippen LogP contribution >= 0.6 is 11.8 Å². The highest BCUT2D eigenvalue weighted by atomic mass is 32.2. The van der Waals surface area contributed by atoms with Gasteiger partial charge in [0.05, 0.1) is 35.1 Å². The number of pyridine rings is 2. The maximum atomic E-state index is 11.5. The van der Waals surface area contributed by atoms with Gasteiger partial charge in [-0.1, -0.05) is 12.1 Å². The van der Waals surface area contributed by atoms with Gasteiger partial charge in [0, 0.05) is 0 Å². The van der Waals surface area contributed by atoms with Crippen molar-refractivity contribution in [2.45, 2.75) is 18.4 Å². The van der Waals surface area contributed by atoms with E-state index in [1.165, 1.54) is 0 Å². The van der Waals surface area contributed by atoms with E-state index >= 15 is 0 Å². The molecule has 0 fully saturated rings. The fraction of sp³-hybridized carbons (Fsp3) is 0.267. The molecule has 0 saturated heterocycles. The lowest BCUT2D eigenvalue weighted by Gasteiger charge is -2.05. The van der Waals surface area contributed by atoms with Crippen LogP contribution in [0.5, 0.6) is 0 Å². The van der Waals surface area contributed by atoms with Gasteiger partial charge < -0.3 is 4.74 Å². The predicted octanol–water partition coefficient (Wildman–Crippen LogP) is 2.97. The lowest BCUT2D eigenvalue weighted by Crippen LogP contribution is -2.08. The number of thioether (sulfide) groups is 1. The van der Waals surface area contributed by atoms with E-state index < -0.39 is 0 Å². The minimum absolute atomic E-state index is 0.184. The molecule has 0 radical (unpaired) electrons. The molecule has 5 heteroatoms. The van der Waals surface area contributed by atoms with E-state index in [0.29, 0.717) is 12.3 Å². The first-order chi connectivity index (χ1) is 9.72. The molecular formula is C15H16N2O2S. The minimum atomic E-state index is -0.261. The fourth-order valence-electron chi connectivity index (χ4n) is 1.75. The molecule has 0 unspecified atom stereocenters. The SMILES string of the molecule is CCOC(=O)Cc1cccc(-c2cccc(SC)n2)n1. The zero-order valence-electron chi connectivity index (χ0n) is 11.5. The van der Waals surface area contributed by atoms with E-state index in [-0.39, 0.29) is 12.4 Å². The first-order valence-electron chi connectivity index (χ1n) is 6.36. The summed E-state index contributed by atoms with van der Waals surface area (Å²) in [5.74, 6) is -0.261. The maximum Gasteiger partial charge on any atom is 0.311 e. The van der Waals surface area contributed by atoms with Gasteiger partial charge in [-0.15, -0.1) is 11.8 Å². The minimum Gasteiger partial charge on any atom is -0.466 e. The molecule has 0 aliphatic rings. The summed E-state index contributed by atoms with van der Waals surface area (Å²) >= 11 is 1.59. The summed E-state index contributed by atoms with van der Waals surface area (Å²) in [6, 6.07) is 11.4. The number of hydrogen-bond acceptors (Lipinski definition) is 5. The third-order valence-electron chi connectivity index (χ3n) is 2.63. The van der Waals surface area contributed by atoms with Gasteiger partial charge in [-0.2, -0.15) is 0 Å². The van der Waals surface area contributed by atoms with Crippen LogP contribution in [0.4, 0.5) is 0 Å². The van der Waals surface area contributed by atoms with E-state index in [9.17, 15) is 4.79 Å². The summed E-state index contributed by atoms with van der Waals surface area (Å²) in [5, 5.41) is 0.945. The van der Waals surface area contributed by atoms with Crippen molar-refractivity contribution in [3.8, 4) is 11.4 Å². The van der Waals surface area contributed by atoms with Crippen molar-refractivity contribution in [2.24, 2.45) is 0 Å². The standard InChI is InChI=1S/C15H16N2O2S/c1-3-19-15(18)10-11-6-4-7-12(16-11)13-8-5-9-14(17-13)20-2/h4-9H,3,10H2,1-2H3. The largest absolute Gasteiger partial charge is 0.466 e. The van der Waals surface area contributed by atoms with Crippen molar-refractivity contribution in [3.05, 3.63) is 42.1 Å². The summed E-state index contributed by atoms with van der Waals surface area (Å²) in [6.07, 6.45) is 2.17. The summed E-state index contributed by atoms with van der Waals surface area (Å²) in [4.78, 5) is 20.4. The van der Waals surface area contributed by atoms with Crippen molar-refractivity contribution < 1.29 is 9.53 Å². The van der Waals surface area contributed by atoms with Crippen LogP contribution in [0.25, 0.3) is 11.4 Å². The first-order valence-corrected chi connectivity index (χ1v) is 7.58. The van der Waals surface area contributed by atoms with E-state index in [1.54, 1.807) is 18.7 Å². The zero-order chi connectivity index (χ0) is 14.4. The molecule has 0 aromatic carbocycles. The number of nitrogens with zero attached hydrogens (tertiary/aromatic N) is 2. The van der Waals surface area contributed by atoms with Gasteiger partial charge in [0.2, 0.25) is 0 Å². The van der Waals surface area contributed by atoms with Gasteiger partial charge >= 0.3 is 5.97 Å². The Bertz CT molecular complexity index is 602. The van der Waals surface area contributed by atoms with E-state index in [4.69, 9.17) is 4.74 Å². The normalized spacial score (nSPS) is 10.3. The Labute approximate surface area is 122 Å². The van der Waals surface area contributed by atoms with Crippen molar-refractivity contribution >= 4 is 17.7 Å². The van der Waals surface area contributed by atoms with E-state index in [0.717, 1.165) is 16.4 Å². The molecule has 0 amide bonds. The molecule has 2 aromatic rings. The molecule has 0 N–H and O–H groups in total. The summed E-state index contributed by atoms with van der Waals surface area (Å²) in [6.45, 7) is 2.18. The average molecular weight is 288 g/mol. The second-order valence-corrected chi connectivity index (χ2v) is 4.89. The smallest absolute Gasteiger partial charge is 0.311 e. The Kier molecular flexibility index (Phi) is 5.12. The van der Waals surface area contributed by atoms with Gasteiger partial charge in [-0.05, 0) is 37.4 Å². The van der Waals surface area contributed by atoms with Crippen LogP contribution in [0, 0.1) is 0 Å². The first kappa shape index (κ1) is 14.5. The quantitative estimate of drug-likeness (QED) is 0.625. The van der Waals surface area contributed by atoms with Gasteiger partial charge in [0.25, 0.3) is 0 Å². The monoisotopic (exact) mass is 288 g/mol. The Hall–Kier alpha value is -1.88. The molecule has 2 aromatic heterocycles. The molecule has 0 saturated carbocycles. The number of esters is 1. The van der Waals surface area contributed by atoms with Crippen LogP contribution < -0.4 is 0 Å².